The van der Waals surface area contributed by atoms with Crippen LogP contribution in [0.2, 0.25) is 0 Å². The summed E-state index contributed by atoms with van der Waals surface area (Å²) in [5, 5.41) is 9.24. The third-order valence-electron chi connectivity index (χ3n) is 5.81. The summed E-state index contributed by atoms with van der Waals surface area (Å²) in [6.45, 7) is 8.38. The molecule has 4 rings (SSSR count). The number of ether oxygens (including phenoxy) is 2. The molecule has 0 unspecified atom stereocenters. The van der Waals surface area contributed by atoms with Gasteiger partial charge in [0.25, 0.3) is 0 Å². The van der Waals surface area contributed by atoms with Crippen molar-refractivity contribution < 1.29 is 13.9 Å². The molecule has 0 amide bonds. The zero-order valence-corrected chi connectivity index (χ0v) is 20.5. The lowest BCUT2D eigenvalue weighted by Gasteiger charge is -2.27. The molecule has 2 aromatic carbocycles. The summed E-state index contributed by atoms with van der Waals surface area (Å²) in [4.78, 5) is 9.01. The maximum absolute atomic E-state index is 15.9. The maximum Gasteiger partial charge on any atom is 0.188 e. The van der Waals surface area contributed by atoms with Gasteiger partial charge in [-0.05, 0) is 70.0 Å². The number of nitriles is 1. The lowest BCUT2D eigenvalue weighted by molar-refractivity contribution is 0.229. The normalized spacial score (nSPS) is 13.1. The molecule has 0 bridgehead atoms. The topological polar surface area (TPSA) is 61.6 Å². The first kappa shape index (κ1) is 24.3. The van der Waals surface area contributed by atoms with E-state index in [-0.39, 0.29) is 11.9 Å². The average molecular weight is 475 g/mol. The predicted octanol–water partition coefficient (Wildman–Crippen LogP) is 6.22. The molecule has 0 atom stereocenters. The van der Waals surface area contributed by atoms with E-state index in [9.17, 15) is 5.26 Å². The highest BCUT2D eigenvalue weighted by Crippen LogP contribution is 2.38. The Hall–Kier alpha value is -3.79. The van der Waals surface area contributed by atoms with Crippen LogP contribution >= 0.6 is 0 Å². The molecule has 0 N–H and O–H groups in total. The van der Waals surface area contributed by atoms with Gasteiger partial charge in [0.05, 0.1) is 42.3 Å². The van der Waals surface area contributed by atoms with Crippen molar-refractivity contribution in [3.8, 4) is 17.6 Å². The molecule has 182 valence electrons. The van der Waals surface area contributed by atoms with Crippen LogP contribution in [0.3, 0.4) is 0 Å². The van der Waals surface area contributed by atoms with E-state index in [1.54, 1.807) is 24.3 Å². The zero-order chi connectivity index (χ0) is 24.8. The van der Waals surface area contributed by atoms with Crippen LogP contribution in [0.25, 0.3) is 0 Å². The highest BCUT2D eigenvalue weighted by molar-refractivity contribution is 5.68. The van der Waals surface area contributed by atoms with E-state index in [0.29, 0.717) is 30.2 Å². The molecule has 2 heterocycles. The summed E-state index contributed by atoms with van der Waals surface area (Å²) in [6, 6.07) is 18.5. The molecule has 0 radical (unpaired) electrons. The van der Waals surface area contributed by atoms with Gasteiger partial charge < -0.3 is 19.3 Å². The van der Waals surface area contributed by atoms with Crippen LogP contribution in [0.15, 0.2) is 54.6 Å². The van der Waals surface area contributed by atoms with Crippen LogP contribution in [-0.4, -0.2) is 30.8 Å². The Balaban J connectivity index is 1.78. The van der Waals surface area contributed by atoms with Crippen LogP contribution < -0.4 is 19.3 Å². The molecule has 0 aliphatic carbocycles. The fourth-order valence-corrected chi connectivity index (χ4v) is 4.22. The van der Waals surface area contributed by atoms with Crippen molar-refractivity contribution in [1.82, 2.24) is 4.98 Å². The second-order valence-corrected chi connectivity index (χ2v) is 8.78. The molecule has 3 aromatic rings. The van der Waals surface area contributed by atoms with E-state index in [2.05, 4.69) is 11.0 Å². The molecule has 1 aromatic heterocycles. The Labute approximate surface area is 206 Å². The highest BCUT2D eigenvalue weighted by Gasteiger charge is 2.22. The van der Waals surface area contributed by atoms with Crippen LogP contribution in [0.4, 0.5) is 21.6 Å². The first-order valence-electron chi connectivity index (χ1n) is 12.1. The smallest absolute Gasteiger partial charge is 0.188 e. The number of hydrogen-bond donors (Lipinski definition) is 0. The van der Waals surface area contributed by atoms with E-state index >= 15 is 4.39 Å². The Kier molecular flexibility index (Phi) is 7.71. The van der Waals surface area contributed by atoms with Gasteiger partial charge in [-0.2, -0.15) is 5.26 Å². The molecule has 1 saturated heterocycles. The number of hydrogen-bond acceptors (Lipinski definition) is 6. The monoisotopic (exact) mass is 474 g/mol. The molecular weight excluding hydrogens is 443 g/mol. The van der Waals surface area contributed by atoms with E-state index in [4.69, 9.17) is 14.5 Å². The summed E-state index contributed by atoms with van der Waals surface area (Å²) in [6.07, 6.45) is 2.13. The van der Waals surface area contributed by atoms with Gasteiger partial charge in [0.15, 0.2) is 11.6 Å². The molecule has 7 heteroatoms. The zero-order valence-electron chi connectivity index (χ0n) is 20.5. The minimum atomic E-state index is -0.470. The van der Waals surface area contributed by atoms with Crippen molar-refractivity contribution in [3.63, 3.8) is 0 Å². The Morgan fingerprint density at radius 2 is 1.86 bits per heavy atom. The first-order valence-corrected chi connectivity index (χ1v) is 12.1. The third-order valence-corrected chi connectivity index (χ3v) is 5.81. The molecule has 1 aliphatic heterocycles. The summed E-state index contributed by atoms with van der Waals surface area (Å²) in [7, 11) is 0. The first-order chi connectivity index (χ1) is 17.0. The van der Waals surface area contributed by atoms with Crippen LogP contribution in [-0.2, 0) is 6.54 Å². The predicted molar refractivity (Wildman–Crippen MR) is 136 cm³/mol. The molecule has 1 fully saturated rings. The van der Waals surface area contributed by atoms with Gasteiger partial charge in [-0.25, -0.2) is 9.37 Å². The fourth-order valence-electron chi connectivity index (χ4n) is 4.22. The van der Waals surface area contributed by atoms with E-state index in [0.717, 1.165) is 43.1 Å². The second kappa shape index (κ2) is 11.1. The van der Waals surface area contributed by atoms with Crippen molar-refractivity contribution >= 4 is 17.2 Å². The largest absolute Gasteiger partial charge is 0.494 e. The van der Waals surface area contributed by atoms with Gasteiger partial charge in [-0.1, -0.05) is 6.07 Å². The van der Waals surface area contributed by atoms with E-state index < -0.39 is 5.82 Å². The molecule has 0 saturated carbocycles. The number of nitrogens with zero attached hydrogens (tertiary/aromatic N) is 4. The lowest BCUT2D eigenvalue weighted by Crippen LogP contribution is -2.22. The Morgan fingerprint density at radius 3 is 2.51 bits per heavy atom. The fraction of sp³-hybridized carbons (Fsp3) is 0.357. The van der Waals surface area contributed by atoms with Crippen LogP contribution in [0.5, 0.6) is 11.5 Å². The van der Waals surface area contributed by atoms with Crippen molar-refractivity contribution in [1.29, 1.82) is 5.26 Å². The SMILES string of the molecule is CCOc1cc(OC(C)C)c(F)c(N(Cc2cccc(N3CCCC3)n2)c2ccc(C#N)cc2)c1. The number of aromatic nitrogens is 1. The Bertz CT molecular complexity index is 1180. The second-order valence-electron chi connectivity index (χ2n) is 8.78. The van der Waals surface area contributed by atoms with Crippen LogP contribution in [0, 0.1) is 17.1 Å². The quantitative estimate of drug-likeness (QED) is 0.367. The summed E-state index contributed by atoms with van der Waals surface area (Å²) >= 11 is 0. The number of rotatable bonds is 9. The standard InChI is InChI=1S/C28H31FN4O2/c1-4-34-24-16-25(28(29)26(17-24)35-20(2)3)33(23-12-10-21(18-30)11-13-23)19-22-8-7-9-27(31-22)32-14-5-6-15-32/h7-13,16-17,20H,4-6,14-15,19H2,1-3H3. The molecule has 35 heavy (non-hydrogen) atoms. The lowest BCUT2D eigenvalue weighted by atomic mass is 10.1. The molecular formula is C28H31FN4O2. The van der Waals surface area contributed by atoms with Crippen molar-refractivity contribution in [2.75, 3.05) is 29.5 Å². The van der Waals surface area contributed by atoms with Gasteiger partial charge in [-0.15, -0.1) is 0 Å². The number of benzene rings is 2. The summed E-state index contributed by atoms with van der Waals surface area (Å²) in [5.74, 6) is 1.13. The average Bonchev–Trinajstić information content (AvgIpc) is 3.40. The van der Waals surface area contributed by atoms with Gasteiger partial charge in [0.1, 0.15) is 11.6 Å². The minimum Gasteiger partial charge on any atom is -0.494 e. The third kappa shape index (κ3) is 5.83. The van der Waals surface area contributed by atoms with E-state index in [1.165, 1.54) is 0 Å². The number of halogens is 1. The minimum absolute atomic E-state index is 0.137. The summed E-state index contributed by atoms with van der Waals surface area (Å²) < 4.78 is 27.4. The van der Waals surface area contributed by atoms with Gasteiger partial charge in [-0.3, -0.25) is 0 Å². The maximum atomic E-state index is 15.9. The van der Waals surface area contributed by atoms with Crippen LogP contribution in [0.1, 0.15) is 44.9 Å². The van der Waals surface area contributed by atoms with Crippen molar-refractivity contribution in [3.05, 3.63) is 71.7 Å². The summed E-state index contributed by atoms with van der Waals surface area (Å²) in [5.41, 5.74) is 2.41. The molecule has 6 nitrogen and oxygen atoms in total. The van der Waals surface area contributed by atoms with Crippen molar-refractivity contribution in [2.24, 2.45) is 0 Å². The van der Waals surface area contributed by atoms with Gasteiger partial charge in [0, 0.05) is 30.9 Å². The molecule has 1 aliphatic rings. The Morgan fingerprint density at radius 1 is 1.11 bits per heavy atom. The number of pyridine rings is 1. The van der Waals surface area contributed by atoms with Gasteiger partial charge in [0.2, 0.25) is 0 Å². The highest BCUT2D eigenvalue weighted by atomic mass is 19.1. The number of anilines is 3. The van der Waals surface area contributed by atoms with E-state index in [1.807, 2.05) is 56.0 Å². The molecule has 0 spiro atoms. The van der Waals surface area contributed by atoms with Gasteiger partial charge >= 0.3 is 0 Å². The van der Waals surface area contributed by atoms with Crippen molar-refractivity contribution in [2.45, 2.75) is 46.3 Å².